The number of carbonyl (C=O) groups is 1. The van der Waals surface area contributed by atoms with Gasteiger partial charge in [-0.2, -0.15) is 0 Å². The van der Waals surface area contributed by atoms with E-state index in [2.05, 4.69) is 24.0 Å². The summed E-state index contributed by atoms with van der Waals surface area (Å²) < 4.78 is 5.51. The number of non-ortho nitro benzene ring substituents is 1. The Bertz CT molecular complexity index is 967. The minimum absolute atomic E-state index is 0.0367. The average Bonchev–Trinajstić information content (AvgIpc) is 3.15. The Morgan fingerprint density at radius 3 is 2.59 bits per heavy atom. The van der Waals surface area contributed by atoms with Crippen LogP contribution in [0.2, 0.25) is 0 Å². The molecule has 0 unspecified atom stereocenters. The Hall–Kier alpha value is -3.00. The number of hydrogen-bond donors (Lipinski definition) is 0. The number of rotatable bonds is 7. The molecule has 0 N–H and O–H groups in total. The molecule has 8 heteroatoms. The third kappa shape index (κ3) is 4.59. The summed E-state index contributed by atoms with van der Waals surface area (Å²) in [4.78, 5) is 22.7. The van der Waals surface area contributed by atoms with E-state index < -0.39 is 4.92 Å². The van der Waals surface area contributed by atoms with Crippen molar-refractivity contribution in [2.24, 2.45) is 0 Å². The van der Waals surface area contributed by atoms with Gasteiger partial charge in [-0.05, 0) is 17.5 Å². The molecular formula is C19H17N3O4S. The summed E-state index contributed by atoms with van der Waals surface area (Å²) in [5.41, 5.74) is 2.21. The summed E-state index contributed by atoms with van der Waals surface area (Å²) in [6.07, 6.45) is 0. The quantitative estimate of drug-likeness (QED) is 0.251. The number of nitro groups is 1. The zero-order chi connectivity index (χ0) is 19.4. The third-order valence-corrected chi connectivity index (χ3v) is 4.75. The van der Waals surface area contributed by atoms with Crippen LogP contribution in [0.25, 0.3) is 11.5 Å². The first-order valence-corrected chi connectivity index (χ1v) is 9.27. The third-order valence-electron chi connectivity index (χ3n) is 3.94. The Morgan fingerprint density at radius 2 is 1.93 bits per heavy atom. The molecule has 27 heavy (non-hydrogen) atoms. The molecule has 7 nitrogen and oxygen atoms in total. The van der Waals surface area contributed by atoms with Crippen LogP contribution in [0.4, 0.5) is 5.69 Å². The van der Waals surface area contributed by atoms with Gasteiger partial charge in [-0.25, -0.2) is 0 Å². The number of hydrogen-bond acceptors (Lipinski definition) is 7. The maximum absolute atomic E-state index is 12.3. The molecule has 138 valence electrons. The van der Waals surface area contributed by atoms with E-state index in [9.17, 15) is 14.9 Å². The first kappa shape index (κ1) is 18.8. The molecule has 0 spiro atoms. The van der Waals surface area contributed by atoms with Gasteiger partial charge in [0.25, 0.3) is 10.9 Å². The van der Waals surface area contributed by atoms with Crippen LogP contribution in [0.1, 0.15) is 35.7 Å². The van der Waals surface area contributed by atoms with E-state index in [0.717, 1.165) is 11.8 Å². The number of aromatic nitrogens is 2. The van der Waals surface area contributed by atoms with E-state index in [1.807, 2.05) is 24.3 Å². The predicted octanol–water partition coefficient (Wildman–Crippen LogP) is 4.74. The van der Waals surface area contributed by atoms with Crippen molar-refractivity contribution in [3.8, 4) is 11.5 Å². The Balaban J connectivity index is 1.65. The van der Waals surface area contributed by atoms with Crippen molar-refractivity contribution in [1.29, 1.82) is 0 Å². The number of nitrogens with zero attached hydrogens (tertiary/aromatic N) is 3. The van der Waals surface area contributed by atoms with Crippen molar-refractivity contribution in [2.45, 2.75) is 25.0 Å². The van der Waals surface area contributed by atoms with Crippen LogP contribution < -0.4 is 0 Å². The predicted molar refractivity (Wildman–Crippen MR) is 102 cm³/mol. The lowest BCUT2D eigenvalue weighted by atomic mass is 10.0. The van der Waals surface area contributed by atoms with Crippen LogP contribution in [0.15, 0.2) is 58.2 Å². The Kier molecular flexibility index (Phi) is 5.66. The van der Waals surface area contributed by atoms with E-state index >= 15 is 0 Å². The second kappa shape index (κ2) is 8.13. The number of ketones is 1. The summed E-state index contributed by atoms with van der Waals surface area (Å²) >= 11 is 1.14. The molecule has 0 aliphatic heterocycles. The fourth-order valence-electron chi connectivity index (χ4n) is 2.40. The number of nitro benzene ring substituents is 1. The smallest absolute Gasteiger partial charge is 0.277 e. The van der Waals surface area contributed by atoms with Crippen LogP contribution in [-0.2, 0) is 0 Å². The van der Waals surface area contributed by atoms with E-state index in [4.69, 9.17) is 4.42 Å². The van der Waals surface area contributed by atoms with E-state index in [1.165, 1.54) is 17.7 Å². The normalized spacial score (nSPS) is 10.9. The van der Waals surface area contributed by atoms with Gasteiger partial charge in [0, 0.05) is 23.3 Å². The highest BCUT2D eigenvalue weighted by atomic mass is 32.2. The topological polar surface area (TPSA) is 99.1 Å². The van der Waals surface area contributed by atoms with Gasteiger partial charge in [0.15, 0.2) is 5.78 Å². The van der Waals surface area contributed by atoms with Crippen molar-refractivity contribution < 1.29 is 14.1 Å². The first-order chi connectivity index (χ1) is 12.9. The van der Waals surface area contributed by atoms with Crippen LogP contribution in [0, 0.1) is 10.1 Å². The molecule has 0 fully saturated rings. The maximum Gasteiger partial charge on any atom is 0.277 e. The summed E-state index contributed by atoms with van der Waals surface area (Å²) in [5, 5.41) is 18.9. The van der Waals surface area contributed by atoms with Crippen molar-refractivity contribution in [2.75, 3.05) is 5.75 Å². The zero-order valence-electron chi connectivity index (χ0n) is 14.8. The van der Waals surface area contributed by atoms with Crippen molar-refractivity contribution in [3.63, 3.8) is 0 Å². The van der Waals surface area contributed by atoms with Crippen LogP contribution >= 0.6 is 11.8 Å². The molecule has 0 saturated carbocycles. The first-order valence-electron chi connectivity index (χ1n) is 8.28. The molecule has 1 heterocycles. The van der Waals surface area contributed by atoms with Gasteiger partial charge in [0.05, 0.1) is 10.7 Å². The lowest BCUT2D eigenvalue weighted by molar-refractivity contribution is -0.384. The lowest BCUT2D eigenvalue weighted by Gasteiger charge is -2.05. The Labute approximate surface area is 160 Å². The van der Waals surface area contributed by atoms with Crippen molar-refractivity contribution >= 4 is 23.2 Å². The summed E-state index contributed by atoms with van der Waals surface area (Å²) in [6, 6.07) is 13.5. The highest BCUT2D eigenvalue weighted by Gasteiger charge is 2.15. The molecule has 0 saturated heterocycles. The lowest BCUT2D eigenvalue weighted by Crippen LogP contribution is -2.02. The molecule has 0 aliphatic rings. The van der Waals surface area contributed by atoms with Crippen LogP contribution in [-0.4, -0.2) is 26.7 Å². The highest BCUT2D eigenvalue weighted by Crippen LogP contribution is 2.26. The van der Waals surface area contributed by atoms with Gasteiger partial charge in [-0.3, -0.25) is 14.9 Å². The fourth-order valence-corrected chi connectivity index (χ4v) is 3.06. The molecular weight excluding hydrogens is 366 g/mol. The zero-order valence-corrected chi connectivity index (χ0v) is 15.6. The number of Topliss-reactive ketones (excluding diaryl/α,β-unsaturated/α-hetero) is 1. The molecule has 0 amide bonds. The molecule has 2 aromatic carbocycles. The second-order valence-corrected chi connectivity index (χ2v) is 7.10. The number of carbonyl (C=O) groups excluding carboxylic acids is 1. The molecule has 0 bridgehead atoms. The average molecular weight is 383 g/mol. The largest absolute Gasteiger partial charge is 0.411 e. The van der Waals surface area contributed by atoms with Gasteiger partial charge in [-0.15, -0.1) is 10.2 Å². The van der Waals surface area contributed by atoms with E-state index in [-0.39, 0.29) is 28.3 Å². The van der Waals surface area contributed by atoms with Gasteiger partial charge in [-0.1, -0.05) is 55.9 Å². The van der Waals surface area contributed by atoms with Gasteiger partial charge < -0.3 is 4.42 Å². The molecule has 1 aromatic heterocycles. The van der Waals surface area contributed by atoms with E-state index in [1.54, 1.807) is 12.1 Å². The molecule has 3 aromatic rings. The standard InChI is InChI=1S/C19H17N3O4S/c1-12(2)13-6-8-14(9-7-13)17(23)11-27-19-21-20-18(26-19)15-4-3-5-16(10-15)22(24)25/h3-10,12H,11H2,1-2H3. The SMILES string of the molecule is CC(C)c1ccc(C(=O)CSc2nnc(-c3cccc([N+](=O)[O-])c3)o2)cc1. The van der Waals surface area contributed by atoms with E-state index in [0.29, 0.717) is 17.0 Å². The van der Waals surface area contributed by atoms with Crippen LogP contribution in [0.3, 0.4) is 0 Å². The van der Waals surface area contributed by atoms with Gasteiger partial charge >= 0.3 is 0 Å². The summed E-state index contributed by atoms with van der Waals surface area (Å²) in [7, 11) is 0. The molecule has 0 aliphatic carbocycles. The van der Waals surface area contributed by atoms with Gasteiger partial charge in [0.2, 0.25) is 5.89 Å². The highest BCUT2D eigenvalue weighted by molar-refractivity contribution is 7.99. The summed E-state index contributed by atoms with van der Waals surface area (Å²) in [5.74, 6) is 0.715. The van der Waals surface area contributed by atoms with Crippen molar-refractivity contribution in [3.05, 3.63) is 69.8 Å². The molecule has 3 rings (SSSR count). The minimum atomic E-state index is -0.487. The monoisotopic (exact) mass is 383 g/mol. The van der Waals surface area contributed by atoms with Gasteiger partial charge in [0.1, 0.15) is 0 Å². The number of benzene rings is 2. The van der Waals surface area contributed by atoms with Crippen molar-refractivity contribution in [1.82, 2.24) is 10.2 Å². The maximum atomic E-state index is 12.3. The molecule has 0 radical (unpaired) electrons. The fraction of sp³-hybridized carbons (Fsp3) is 0.211. The second-order valence-electron chi connectivity index (χ2n) is 6.17. The molecule has 0 atom stereocenters. The van der Waals surface area contributed by atoms with Crippen LogP contribution in [0.5, 0.6) is 0 Å². The number of thioether (sulfide) groups is 1. The summed E-state index contributed by atoms with van der Waals surface area (Å²) in [6.45, 7) is 4.20. The Morgan fingerprint density at radius 1 is 1.19 bits per heavy atom. The minimum Gasteiger partial charge on any atom is -0.411 e.